The molecule has 0 spiro atoms. The van der Waals surface area contributed by atoms with Gasteiger partial charge in [0.05, 0.1) is 23.3 Å². The van der Waals surface area contributed by atoms with Gasteiger partial charge in [-0.2, -0.15) is 10.5 Å². The first-order valence-corrected chi connectivity index (χ1v) is 17.3. The van der Waals surface area contributed by atoms with Crippen molar-refractivity contribution in [2.75, 3.05) is 0 Å². The van der Waals surface area contributed by atoms with Crippen LogP contribution in [0.1, 0.15) is 62.6 Å². The minimum Gasteiger partial charge on any atom is -0.208 e. The molecule has 0 radical (unpaired) electrons. The molecule has 2 fully saturated rings. The fraction of sp³-hybridized carbons (Fsp3) is 0.250. The summed E-state index contributed by atoms with van der Waals surface area (Å²) in [7, 11) is 0. The lowest BCUT2D eigenvalue weighted by atomic mass is 9.54. The minimum atomic E-state index is 0.271. The van der Waals surface area contributed by atoms with Crippen molar-refractivity contribution in [3.8, 4) is 57.4 Å². The lowest BCUT2D eigenvalue weighted by Gasteiger charge is -2.50. The Labute approximate surface area is 288 Å². The normalized spacial score (nSPS) is 21.5. The number of nitrogens with zero attached hydrogens (tertiary/aromatic N) is 5. The van der Waals surface area contributed by atoms with E-state index < -0.39 is 0 Å². The third kappa shape index (κ3) is 5.77. The maximum absolute atomic E-state index is 10.4. The zero-order valence-electron chi connectivity index (χ0n) is 27.9. The number of benzene rings is 5. The van der Waals surface area contributed by atoms with Gasteiger partial charge in [-0.15, -0.1) is 0 Å². The highest BCUT2D eigenvalue weighted by atomic mass is 15.0. The summed E-state index contributed by atoms with van der Waals surface area (Å²) in [6, 6.07) is 41.2. The number of hydrogen-bond acceptors (Lipinski definition) is 5. The number of fused-ring (bicyclic) bond motifs is 3. The minimum absolute atomic E-state index is 0.271. The van der Waals surface area contributed by atoms with Gasteiger partial charge < -0.3 is 0 Å². The Hall–Kier alpha value is -5.65. The molecule has 0 saturated heterocycles. The third-order valence-corrected chi connectivity index (χ3v) is 10.8. The molecule has 2 unspecified atom stereocenters. The van der Waals surface area contributed by atoms with Crippen molar-refractivity contribution < 1.29 is 0 Å². The molecule has 1 aromatic heterocycles. The summed E-state index contributed by atoms with van der Waals surface area (Å²) in [5.74, 6) is 3.90. The molecule has 4 atom stereocenters. The molecule has 0 amide bonds. The van der Waals surface area contributed by atoms with Crippen molar-refractivity contribution in [2.24, 2.45) is 17.8 Å². The lowest BCUT2D eigenvalue weighted by Crippen LogP contribution is -2.42. The molecule has 2 aliphatic rings. The van der Waals surface area contributed by atoms with E-state index in [2.05, 4.69) is 68.5 Å². The summed E-state index contributed by atoms with van der Waals surface area (Å²) in [5.41, 5.74) is 7.24. The summed E-state index contributed by atoms with van der Waals surface area (Å²) < 4.78 is 0. The van der Waals surface area contributed by atoms with E-state index in [1.54, 1.807) is 12.1 Å². The van der Waals surface area contributed by atoms with E-state index in [1.165, 1.54) is 37.7 Å². The Bertz CT molecular complexity index is 2250. The molecule has 6 aromatic rings. The Kier molecular flexibility index (Phi) is 7.77. The van der Waals surface area contributed by atoms with E-state index in [9.17, 15) is 10.5 Å². The van der Waals surface area contributed by atoms with Crippen LogP contribution >= 0.6 is 0 Å². The number of hydrogen-bond donors (Lipinski definition) is 0. The summed E-state index contributed by atoms with van der Waals surface area (Å²) in [6.45, 7) is 4.85. The van der Waals surface area contributed by atoms with E-state index in [1.807, 2.05) is 54.6 Å². The molecule has 8 rings (SSSR count). The third-order valence-electron chi connectivity index (χ3n) is 10.8. The first-order chi connectivity index (χ1) is 23.9. The van der Waals surface area contributed by atoms with Crippen LogP contribution in [0.4, 0.5) is 0 Å². The van der Waals surface area contributed by atoms with E-state index in [-0.39, 0.29) is 5.41 Å². The van der Waals surface area contributed by atoms with Crippen LogP contribution in [0.5, 0.6) is 0 Å². The molecule has 5 heteroatoms. The maximum atomic E-state index is 10.4. The van der Waals surface area contributed by atoms with Crippen LogP contribution in [0.3, 0.4) is 0 Å². The van der Waals surface area contributed by atoms with Crippen molar-refractivity contribution in [3.05, 3.63) is 126 Å². The lowest BCUT2D eigenvalue weighted by molar-refractivity contribution is 0.0780. The van der Waals surface area contributed by atoms with Crippen LogP contribution in [-0.2, 0) is 5.41 Å². The average Bonchev–Trinajstić information content (AvgIpc) is 3.13. The summed E-state index contributed by atoms with van der Waals surface area (Å²) >= 11 is 0. The molecule has 0 aliphatic heterocycles. The largest absolute Gasteiger partial charge is 0.208 e. The Morgan fingerprint density at radius 1 is 0.592 bits per heavy atom. The molecule has 238 valence electrons. The summed E-state index contributed by atoms with van der Waals surface area (Å²) in [4.78, 5) is 14.8. The molecule has 5 aromatic carbocycles. The van der Waals surface area contributed by atoms with E-state index in [4.69, 9.17) is 15.0 Å². The van der Waals surface area contributed by atoms with Crippen LogP contribution in [0.15, 0.2) is 109 Å². The fourth-order valence-electron chi connectivity index (χ4n) is 8.96. The van der Waals surface area contributed by atoms with E-state index in [0.717, 1.165) is 56.3 Å². The van der Waals surface area contributed by atoms with Gasteiger partial charge in [0.1, 0.15) is 0 Å². The number of nitriles is 2. The van der Waals surface area contributed by atoms with Gasteiger partial charge in [-0.05, 0) is 113 Å². The van der Waals surface area contributed by atoms with Crippen LogP contribution < -0.4 is 0 Å². The predicted octanol–water partition coefficient (Wildman–Crippen LogP) is 10.5. The standard InChI is InChI=1S/C44H37N5/c1-28-20-31-21-29(2)24-44(23-28,25-31)37-17-14-33(15-18-37)38-19-16-35(22-36(38)27-46)42-47-41(34-12-10-30(26-45)11-13-34)48-43(49-42)40-9-5-7-32-6-3-4-8-39(32)40/h3-19,22,28-29,31H,20-21,23-25H2,1-2H3/t28-,29+,31?,44?. The molecule has 2 saturated carbocycles. The zero-order chi connectivity index (χ0) is 33.5. The van der Waals surface area contributed by atoms with Crippen molar-refractivity contribution in [1.82, 2.24) is 15.0 Å². The highest BCUT2D eigenvalue weighted by Crippen LogP contribution is 2.54. The van der Waals surface area contributed by atoms with Crippen molar-refractivity contribution in [3.63, 3.8) is 0 Å². The predicted molar refractivity (Wildman–Crippen MR) is 195 cm³/mol. The molecule has 0 N–H and O–H groups in total. The van der Waals surface area contributed by atoms with Gasteiger partial charge in [0, 0.05) is 16.7 Å². The molecular weight excluding hydrogens is 599 g/mol. The van der Waals surface area contributed by atoms with Crippen LogP contribution in [-0.4, -0.2) is 15.0 Å². The monoisotopic (exact) mass is 635 g/mol. The van der Waals surface area contributed by atoms with Crippen LogP contribution in [0.25, 0.3) is 56.1 Å². The van der Waals surface area contributed by atoms with Crippen molar-refractivity contribution in [2.45, 2.75) is 51.4 Å². The first-order valence-electron chi connectivity index (χ1n) is 17.3. The molecule has 2 aliphatic carbocycles. The summed E-state index contributed by atoms with van der Waals surface area (Å²) in [5, 5.41) is 21.9. The van der Waals surface area contributed by atoms with Gasteiger partial charge >= 0.3 is 0 Å². The highest BCUT2D eigenvalue weighted by molar-refractivity contribution is 5.95. The zero-order valence-corrected chi connectivity index (χ0v) is 27.9. The maximum Gasteiger partial charge on any atom is 0.164 e. The van der Waals surface area contributed by atoms with E-state index in [0.29, 0.717) is 28.6 Å². The second-order valence-corrected chi connectivity index (χ2v) is 14.4. The van der Waals surface area contributed by atoms with Gasteiger partial charge in [-0.25, -0.2) is 15.0 Å². The topological polar surface area (TPSA) is 86.2 Å². The SMILES string of the molecule is C[C@@H]1CC2C[C@H](C)CC(c3ccc(-c4ccc(-c5nc(-c6ccc(C#N)cc6)nc(-c6cccc7ccccc67)n5)cc4C#N)cc3)(C2)C1. The molecule has 49 heavy (non-hydrogen) atoms. The van der Waals surface area contributed by atoms with Crippen molar-refractivity contribution in [1.29, 1.82) is 10.5 Å². The second kappa shape index (κ2) is 12.4. The Morgan fingerprint density at radius 3 is 1.94 bits per heavy atom. The van der Waals surface area contributed by atoms with Crippen LogP contribution in [0, 0.1) is 40.4 Å². The van der Waals surface area contributed by atoms with Gasteiger partial charge in [0.25, 0.3) is 0 Å². The number of rotatable bonds is 5. The van der Waals surface area contributed by atoms with Gasteiger partial charge in [-0.3, -0.25) is 0 Å². The molecule has 2 bridgehead atoms. The highest BCUT2D eigenvalue weighted by Gasteiger charge is 2.45. The number of aromatic nitrogens is 3. The second-order valence-electron chi connectivity index (χ2n) is 14.4. The summed E-state index contributed by atoms with van der Waals surface area (Å²) in [6.07, 6.45) is 6.56. The Morgan fingerprint density at radius 2 is 1.22 bits per heavy atom. The van der Waals surface area contributed by atoms with E-state index >= 15 is 0 Å². The van der Waals surface area contributed by atoms with Crippen molar-refractivity contribution >= 4 is 10.8 Å². The smallest absolute Gasteiger partial charge is 0.164 e. The average molecular weight is 636 g/mol. The van der Waals surface area contributed by atoms with Gasteiger partial charge in [0.15, 0.2) is 17.5 Å². The Balaban J connectivity index is 1.19. The van der Waals surface area contributed by atoms with Gasteiger partial charge in [0.2, 0.25) is 0 Å². The fourth-order valence-corrected chi connectivity index (χ4v) is 8.96. The molecular formula is C44H37N5. The van der Waals surface area contributed by atoms with Crippen LogP contribution in [0.2, 0.25) is 0 Å². The quantitative estimate of drug-likeness (QED) is 0.188. The molecule has 1 heterocycles. The van der Waals surface area contributed by atoms with Gasteiger partial charge in [-0.1, -0.05) is 92.7 Å². The molecule has 5 nitrogen and oxygen atoms in total. The first kappa shape index (κ1) is 30.7.